The zero-order valence-corrected chi connectivity index (χ0v) is 12.3. The zero-order chi connectivity index (χ0) is 13.2. The largest absolute Gasteiger partial charge is 0.367 e. The fourth-order valence-corrected chi connectivity index (χ4v) is 3.46. The Hall–Kier alpha value is -1.01. The van der Waals surface area contributed by atoms with E-state index in [-0.39, 0.29) is 0 Å². The maximum Gasteiger partial charge on any atom is 0.255 e. The maximum absolute atomic E-state index is 6.01. The van der Waals surface area contributed by atoms with Gasteiger partial charge in [-0.15, -0.1) is 0 Å². The molecule has 0 amide bonds. The maximum atomic E-state index is 6.01. The summed E-state index contributed by atoms with van der Waals surface area (Å²) >= 11 is 7.98. The lowest BCUT2D eigenvalue weighted by molar-refractivity contribution is 0.471. The smallest absolute Gasteiger partial charge is 0.255 e. The monoisotopic (exact) mass is 297 g/mol. The van der Waals surface area contributed by atoms with Gasteiger partial charge < -0.3 is 5.32 Å². The number of thioether (sulfide) groups is 1. The number of nitrogens with one attached hydrogen (secondary N) is 1. The highest BCUT2D eigenvalue weighted by Crippen LogP contribution is 2.29. The molecule has 1 saturated carbocycles. The van der Waals surface area contributed by atoms with Gasteiger partial charge in [-0.05, 0) is 31.9 Å². The van der Waals surface area contributed by atoms with Crippen LogP contribution in [0.4, 0.5) is 5.82 Å². The van der Waals surface area contributed by atoms with Crippen molar-refractivity contribution in [3.63, 3.8) is 0 Å². The number of halogens is 1. The molecule has 1 N–H and O–H groups in total. The van der Waals surface area contributed by atoms with E-state index in [2.05, 4.69) is 26.6 Å². The molecule has 0 bridgehead atoms. The summed E-state index contributed by atoms with van der Waals surface area (Å²) in [5.74, 6) is 1.41. The molecular weight excluding hydrogens is 282 g/mol. The van der Waals surface area contributed by atoms with Gasteiger partial charge >= 0.3 is 0 Å². The van der Waals surface area contributed by atoms with Crippen molar-refractivity contribution in [1.29, 1.82) is 0 Å². The first kappa shape index (κ1) is 13.0. The fraction of sp³-hybridized carbons (Fsp3) is 0.583. The van der Waals surface area contributed by atoms with E-state index in [1.165, 1.54) is 32.0 Å². The number of hydrogen-bond donors (Lipinski definition) is 1. The zero-order valence-electron chi connectivity index (χ0n) is 10.7. The lowest BCUT2D eigenvalue weighted by atomic mass is 9.95. The van der Waals surface area contributed by atoms with Gasteiger partial charge in [0.15, 0.2) is 0 Å². The van der Waals surface area contributed by atoms with E-state index in [1.54, 1.807) is 4.52 Å². The molecule has 0 unspecified atom stereocenters. The molecule has 1 aliphatic carbocycles. The summed E-state index contributed by atoms with van der Waals surface area (Å²) in [4.78, 5) is 8.20. The average molecular weight is 298 g/mol. The molecule has 0 aromatic carbocycles. The summed E-state index contributed by atoms with van der Waals surface area (Å²) in [6, 6.07) is 2.29. The molecule has 7 heteroatoms. The predicted octanol–water partition coefficient (Wildman–Crippen LogP) is 2.86. The first-order valence-electron chi connectivity index (χ1n) is 6.42. The standard InChI is InChI=1S/C12H16ClN5S/c1-19-9-4-2-8(3-5-9)16-11-6-10(13)17-12-14-7-15-18(11)12/h6-9,16H,2-5H2,1H3. The van der Waals surface area contributed by atoms with Crippen LogP contribution in [0.1, 0.15) is 25.7 Å². The van der Waals surface area contributed by atoms with Crippen LogP contribution in [-0.4, -0.2) is 37.1 Å². The van der Waals surface area contributed by atoms with E-state index in [9.17, 15) is 0 Å². The average Bonchev–Trinajstić information content (AvgIpc) is 2.88. The minimum Gasteiger partial charge on any atom is -0.367 e. The molecule has 0 spiro atoms. The number of aromatic nitrogens is 4. The van der Waals surface area contributed by atoms with Gasteiger partial charge in [-0.1, -0.05) is 11.6 Å². The number of hydrogen-bond acceptors (Lipinski definition) is 5. The molecule has 102 valence electrons. The molecule has 1 fully saturated rings. The van der Waals surface area contributed by atoms with E-state index in [0.717, 1.165) is 11.1 Å². The highest BCUT2D eigenvalue weighted by Gasteiger charge is 2.21. The van der Waals surface area contributed by atoms with Crippen LogP contribution in [0.15, 0.2) is 12.4 Å². The Balaban J connectivity index is 1.76. The number of fused-ring (bicyclic) bond motifs is 1. The minimum atomic E-state index is 0.445. The fourth-order valence-electron chi connectivity index (χ4n) is 2.54. The van der Waals surface area contributed by atoms with Crippen LogP contribution in [0.25, 0.3) is 5.78 Å². The lowest BCUT2D eigenvalue weighted by Gasteiger charge is -2.28. The molecule has 1 aliphatic rings. The van der Waals surface area contributed by atoms with Crippen LogP contribution < -0.4 is 5.32 Å². The molecule has 0 saturated heterocycles. The SMILES string of the molecule is CSC1CCC(Nc2cc(Cl)nc3ncnn23)CC1. The highest BCUT2D eigenvalue weighted by molar-refractivity contribution is 7.99. The van der Waals surface area contributed by atoms with E-state index in [4.69, 9.17) is 11.6 Å². The third-order valence-electron chi connectivity index (χ3n) is 3.58. The van der Waals surface area contributed by atoms with Crippen LogP contribution in [0.2, 0.25) is 5.15 Å². The van der Waals surface area contributed by atoms with Gasteiger partial charge in [0, 0.05) is 17.4 Å². The molecule has 3 rings (SSSR count). The third-order valence-corrected chi connectivity index (χ3v) is 4.91. The van der Waals surface area contributed by atoms with Crippen molar-refractivity contribution >= 4 is 35.0 Å². The summed E-state index contributed by atoms with van der Waals surface area (Å²) < 4.78 is 1.70. The highest BCUT2D eigenvalue weighted by atomic mass is 35.5. The van der Waals surface area contributed by atoms with Crippen molar-refractivity contribution in [3.8, 4) is 0 Å². The van der Waals surface area contributed by atoms with Crippen molar-refractivity contribution in [2.45, 2.75) is 37.0 Å². The summed E-state index contributed by atoms with van der Waals surface area (Å²) in [6.45, 7) is 0. The van der Waals surface area contributed by atoms with Gasteiger partial charge in [-0.3, -0.25) is 0 Å². The van der Waals surface area contributed by atoms with Crippen LogP contribution in [0, 0.1) is 0 Å². The van der Waals surface area contributed by atoms with Crippen molar-refractivity contribution in [1.82, 2.24) is 19.6 Å². The molecule has 5 nitrogen and oxygen atoms in total. The van der Waals surface area contributed by atoms with Crippen molar-refractivity contribution < 1.29 is 0 Å². The predicted molar refractivity (Wildman–Crippen MR) is 79.0 cm³/mol. The topological polar surface area (TPSA) is 55.1 Å². The number of anilines is 1. The second-order valence-electron chi connectivity index (χ2n) is 4.79. The second kappa shape index (κ2) is 5.54. The van der Waals surface area contributed by atoms with E-state index in [1.807, 2.05) is 17.8 Å². The second-order valence-corrected chi connectivity index (χ2v) is 6.31. The van der Waals surface area contributed by atoms with Gasteiger partial charge in [0.05, 0.1) is 0 Å². The van der Waals surface area contributed by atoms with Gasteiger partial charge in [0.1, 0.15) is 17.3 Å². The van der Waals surface area contributed by atoms with Crippen LogP contribution in [0.3, 0.4) is 0 Å². The summed E-state index contributed by atoms with van der Waals surface area (Å²) in [7, 11) is 0. The molecule has 19 heavy (non-hydrogen) atoms. The first-order valence-corrected chi connectivity index (χ1v) is 8.08. The molecule has 2 aromatic heterocycles. The summed E-state index contributed by atoms with van der Waals surface area (Å²) in [5.41, 5.74) is 0. The van der Waals surface area contributed by atoms with Crippen molar-refractivity contribution in [2.24, 2.45) is 0 Å². The molecule has 0 aliphatic heterocycles. The van der Waals surface area contributed by atoms with Gasteiger partial charge in [0.2, 0.25) is 0 Å². The number of nitrogens with zero attached hydrogens (tertiary/aromatic N) is 4. The molecule has 2 heterocycles. The van der Waals surface area contributed by atoms with E-state index < -0.39 is 0 Å². The Morgan fingerprint density at radius 1 is 1.37 bits per heavy atom. The van der Waals surface area contributed by atoms with Crippen LogP contribution in [-0.2, 0) is 0 Å². The Bertz CT molecular complexity index is 564. The van der Waals surface area contributed by atoms with Gasteiger partial charge in [-0.2, -0.15) is 31.3 Å². The molecule has 0 radical (unpaired) electrons. The Morgan fingerprint density at radius 2 is 2.16 bits per heavy atom. The Morgan fingerprint density at radius 3 is 2.89 bits per heavy atom. The van der Waals surface area contributed by atoms with Crippen LogP contribution >= 0.6 is 23.4 Å². The van der Waals surface area contributed by atoms with Gasteiger partial charge in [0.25, 0.3) is 5.78 Å². The minimum absolute atomic E-state index is 0.445. The number of rotatable bonds is 3. The van der Waals surface area contributed by atoms with Crippen molar-refractivity contribution in [3.05, 3.63) is 17.5 Å². The molecular formula is C12H16ClN5S. The van der Waals surface area contributed by atoms with Crippen molar-refractivity contribution in [2.75, 3.05) is 11.6 Å². The van der Waals surface area contributed by atoms with E-state index in [0.29, 0.717) is 17.0 Å². The third kappa shape index (κ3) is 2.79. The van der Waals surface area contributed by atoms with Crippen LogP contribution in [0.5, 0.6) is 0 Å². The molecule has 0 atom stereocenters. The quantitative estimate of drug-likeness (QED) is 0.883. The Kier molecular flexibility index (Phi) is 3.79. The van der Waals surface area contributed by atoms with E-state index >= 15 is 0 Å². The summed E-state index contributed by atoms with van der Waals surface area (Å²) in [6.07, 6.45) is 8.58. The van der Waals surface area contributed by atoms with Gasteiger partial charge in [-0.25, -0.2) is 0 Å². The normalized spacial score (nSPS) is 23.7. The Labute approximate surface area is 121 Å². The molecule has 2 aromatic rings. The lowest BCUT2D eigenvalue weighted by Crippen LogP contribution is -2.28. The first-order chi connectivity index (χ1) is 9.26. The summed E-state index contributed by atoms with van der Waals surface area (Å²) in [5, 5.41) is 8.95.